The lowest BCUT2D eigenvalue weighted by Crippen LogP contribution is -2.45. The van der Waals surface area contributed by atoms with Crippen LogP contribution in [0.3, 0.4) is 0 Å². The first kappa shape index (κ1) is 11.4. The summed E-state index contributed by atoms with van der Waals surface area (Å²) in [5.41, 5.74) is 0. The van der Waals surface area contributed by atoms with E-state index < -0.39 is 0 Å². The number of amides is 2. The van der Waals surface area contributed by atoms with E-state index in [-0.39, 0.29) is 17.7 Å². The molecule has 1 atom stereocenters. The van der Waals surface area contributed by atoms with Gasteiger partial charge in [-0.2, -0.15) is 0 Å². The summed E-state index contributed by atoms with van der Waals surface area (Å²) in [4.78, 5) is 25.1. The van der Waals surface area contributed by atoms with Crippen LogP contribution in [0.1, 0.15) is 19.3 Å². The van der Waals surface area contributed by atoms with Gasteiger partial charge in [-0.15, -0.1) is 0 Å². The van der Waals surface area contributed by atoms with Crippen molar-refractivity contribution in [2.75, 3.05) is 26.7 Å². The van der Waals surface area contributed by atoms with Crippen molar-refractivity contribution in [3.8, 4) is 0 Å². The second-order valence-corrected chi connectivity index (χ2v) is 4.79. The van der Waals surface area contributed by atoms with Gasteiger partial charge in [-0.1, -0.05) is 0 Å². The van der Waals surface area contributed by atoms with Crippen molar-refractivity contribution in [3.05, 3.63) is 0 Å². The molecule has 0 aliphatic carbocycles. The van der Waals surface area contributed by atoms with Crippen molar-refractivity contribution in [3.63, 3.8) is 0 Å². The van der Waals surface area contributed by atoms with E-state index >= 15 is 0 Å². The largest absolute Gasteiger partial charge is 0.355 e. The lowest BCUT2D eigenvalue weighted by Gasteiger charge is -2.30. The van der Waals surface area contributed by atoms with Gasteiger partial charge in [0.25, 0.3) is 0 Å². The molecular formula is C11H19N3O2. The lowest BCUT2D eigenvalue weighted by atomic mass is 10.0. The van der Waals surface area contributed by atoms with Gasteiger partial charge < -0.3 is 15.5 Å². The van der Waals surface area contributed by atoms with E-state index in [1.807, 2.05) is 0 Å². The molecule has 0 aromatic heterocycles. The first-order valence-electron chi connectivity index (χ1n) is 5.91. The molecule has 16 heavy (non-hydrogen) atoms. The molecule has 2 heterocycles. The molecule has 2 fully saturated rings. The molecule has 2 amide bonds. The minimum absolute atomic E-state index is 0.0106. The molecule has 0 bridgehead atoms. The van der Waals surface area contributed by atoms with Gasteiger partial charge in [0.05, 0.1) is 5.92 Å². The molecule has 2 rings (SSSR count). The predicted octanol–water partition coefficient (Wildman–Crippen LogP) is -0.667. The average molecular weight is 225 g/mol. The molecule has 2 saturated heterocycles. The molecule has 90 valence electrons. The topological polar surface area (TPSA) is 61.4 Å². The van der Waals surface area contributed by atoms with Crippen molar-refractivity contribution in [2.45, 2.75) is 25.3 Å². The Bertz CT molecular complexity index is 285. The van der Waals surface area contributed by atoms with Gasteiger partial charge in [-0.3, -0.25) is 9.59 Å². The molecule has 2 aliphatic heterocycles. The monoisotopic (exact) mass is 225 g/mol. The number of carbonyl (C=O) groups excluding carboxylic acids is 2. The summed E-state index contributed by atoms with van der Waals surface area (Å²) < 4.78 is 0. The van der Waals surface area contributed by atoms with Crippen molar-refractivity contribution in [1.82, 2.24) is 15.5 Å². The van der Waals surface area contributed by atoms with Gasteiger partial charge in [0, 0.05) is 19.0 Å². The Balaban J connectivity index is 1.77. The van der Waals surface area contributed by atoms with E-state index in [4.69, 9.17) is 0 Å². The zero-order chi connectivity index (χ0) is 11.5. The third-order valence-corrected chi connectivity index (χ3v) is 3.41. The molecule has 0 aromatic rings. The summed E-state index contributed by atoms with van der Waals surface area (Å²) in [6, 6.07) is 0.291. The summed E-state index contributed by atoms with van der Waals surface area (Å²) in [7, 11) is 2.09. The third-order valence-electron chi connectivity index (χ3n) is 3.41. The Morgan fingerprint density at radius 1 is 1.44 bits per heavy atom. The van der Waals surface area contributed by atoms with E-state index in [9.17, 15) is 9.59 Å². The van der Waals surface area contributed by atoms with Gasteiger partial charge in [0.2, 0.25) is 11.8 Å². The minimum atomic E-state index is -0.160. The van der Waals surface area contributed by atoms with Gasteiger partial charge in [-0.05, 0) is 33.0 Å². The molecule has 0 spiro atoms. The Hall–Kier alpha value is -1.10. The van der Waals surface area contributed by atoms with E-state index in [1.165, 1.54) is 0 Å². The number of rotatable bonds is 2. The molecule has 0 radical (unpaired) electrons. The fraction of sp³-hybridized carbons (Fsp3) is 0.818. The highest BCUT2D eigenvalue weighted by Crippen LogP contribution is 2.12. The average Bonchev–Trinajstić information content (AvgIpc) is 2.68. The van der Waals surface area contributed by atoms with Crippen LogP contribution in [0, 0.1) is 5.92 Å². The van der Waals surface area contributed by atoms with E-state index in [0.717, 1.165) is 25.9 Å². The van der Waals surface area contributed by atoms with Crippen LogP contribution in [0.2, 0.25) is 0 Å². The SMILES string of the molecule is CN1CCC(NC(=O)C2CNC(=O)C2)CC1. The third kappa shape index (κ3) is 2.72. The van der Waals surface area contributed by atoms with Crippen LogP contribution < -0.4 is 10.6 Å². The summed E-state index contributed by atoms with van der Waals surface area (Å²) in [6.07, 6.45) is 2.37. The highest BCUT2D eigenvalue weighted by molar-refractivity contribution is 5.89. The molecule has 1 unspecified atom stereocenters. The van der Waals surface area contributed by atoms with Crippen molar-refractivity contribution in [2.24, 2.45) is 5.92 Å². The smallest absolute Gasteiger partial charge is 0.225 e. The maximum absolute atomic E-state index is 11.8. The summed E-state index contributed by atoms with van der Waals surface area (Å²) in [5, 5.41) is 5.73. The number of likely N-dealkylation sites (tertiary alicyclic amines) is 1. The van der Waals surface area contributed by atoms with Crippen LogP contribution in [-0.2, 0) is 9.59 Å². The Morgan fingerprint density at radius 2 is 2.12 bits per heavy atom. The molecule has 5 heteroatoms. The number of nitrogens with one attached hydrogen (secondary N) is 2. The minimum Gasteiger partial charge on any atom is -0.355 e. The van der Waals surface area contributed by atoms with Crippen molar-refractivity contribution >= 4 is 11.8 Å². The van der Waals surface area contributed by atoms with Crippen molar-refractivity contribution in [1.29, 1.82) is 0 Å². The number of hydrogen-bond acceptors (Lipinski definition) is 3. The zero-order valence-electron chi connectivity index (χ0n) is 9.66. The zero-order valence-corrected chi connectivity index (χ0v) is 9.66. The number of carbonyl (C=O) groups is 2. The van der Waals surface area contributed by atoms with Crippen LogP contribution in [0.25, 0.3) is 0 Å². The predicted molar refractivity (Wildman–Crippen MR) is 59.8 cm³/mol. The fourth-order valence-corrected chi connectivity index (χ4v) is 2.26. The first-order chi connectivity index (χ1) is 7.65. The van der Waals surface area contributed by atoms with E-state index in [0.29, 0.717) is 19.0 Å². The number of piperidine rings is 1. The van der Waals surface area contributed by atoms with E-state index in [1.54, 1.807) is 0 Å². The van der Waals surface area contributed by atoms with E-state index in [2.05, 4.69) is 22.6 Å². The van der Waals surface area contributed by atoms with Crippen LogP contribution in [0.5, 0.6) is 0 Å². The lowest BCUT2D eigenvalue weighted by molar-refractivity contribution is -0.127. The molecule has 0 saturated carbocycles. The van der Waals surface area contributed by atoms with Crippen LogP contribution in [0.15, 0.2) is 0 Å². The summed E-state index contributed by atoms with van der Waals surface area (Å²) >= 11 is 0. The number of hydrogen-bond donors (Lipinski definition) is 2. The normalized spacial score (nSPS) is 27.8. The van der Waals surface area contributed by atoms with Crippen LogP contribution in [-0.4, -0.2) is 49.4 Å². The highest BCUT2D eigenvalue weighted by atomic mass is 16.2. The molecule has 2 N–H and O–H groups in total. The van der Waals surface area contributed by atoms with Gasteiger partial charge in [0.1, 0.15) is 0 Å². The maximum atomic E-state index is 11.8. The first-order valence-corrected chi connectivity index (χ1v) is 5.91. The van der Waals surface area contributed by atoms with Crippen molar-refractivity contribution < 1.29 is 9.59 Å². The second-order valence-electron chi connectivity index (χ2n) is 4.79. The summed E-state index contributed by atoms with van der Waals surface area (Å²) in [5.74, 6) is -0.136. The second kappa shape index (κ2) is 4.82. The summed E-state index contributed by atoms with van der Waals surface area (Å²) in [6.45, 7) is 2.57. The maximum Gasteiger partial charge on any atom is 0.225 e. The van der Waals surface area contributed by atoms with Crippen LogP contribution >= 0.6 is 0 Å². The molecule has 5 nitrogen and oxygen atoms in total. The fourth-order valence-electron chi connectivity index (χ4n) is 2.26. The quantitative estimate of drug-likeness (QED) is 0.655. The van der Waals surface area contributed by atoms with Gasteiger partial charge in [-0.25, -0.2) is 0 Å². The number of nitrogens with zero attached hydrogens (tertiary/aromatic N) is 1. The Morgan fingerprint density at radius 3 is 2.69 bits per heavy atom. The van der Waals surface area contributed by atoms with Crippen LogP contribution in [0.4, 0.5) is 0 Å². The highest BCUT2D eigenvalue weighted by Gasteiger charge is 2.29. The Labute approximate surface area is 95.6 Å². The molecule has 2 aliphatic rings. The Kier molecular flexibility index (Phi) is 3.43. The molecular weight excluding hydrogens is 206 g/mol. The molecule has 0 aromatic carbocycles. The van der Waals surface area contributed by atoms with Gasteiger partial charge in [0.15, 0.2) is 0 Å². The standard InChI is InChI=1S/C11H19N3O2/c1-14-4-2-9(3-5-14)13-11(16)8-6-10(15)12-7-8/h8-9H,2-7H2,1H3,(H,12,15)(H,13,16). The van der Waals surface area contributed by atoms with Gasteiger partial charge >= 0.3 is 0 Å².